The van der Waals surface area contributed by atoms with Crippen LogP contribution in [0.2, 0.25) is 0 Å². The molecule has 0 aliphatic heterocycles. The third-order valence-corrected chi connectivity index (χ3v) is 5.13. The molecule has 0 radical (unpaired) electrons. The van der Waals surface area contributed by atoms with Gasteiger partial charge in [-0.1, -0.05) is 25.1 Å². The van der Waals surface area contributed by atoms with Gasteiger partial charge in [-0.3, -0.25) is 0 Å². The van der Waals surface area contributed by atoms with Crippen LogP contribution in [0.4, 0.5) is 4.79 Å². The molecule has 0 atom stereocenters. The number of hydrogen-bond acceptors (Lipinski definition) is 4. The zero-order valence-electron chi connectivity index (χ0n) is 14.1. The molecule has 0 saturated heterocycles. The molecule has 7 heteroatoms. The Kier molecular flexibility index (Phi) is 8.05. The highest BCUT2D eigenvalue weighted by molar-refractivity contribution is 7.91. The van der Waals surface area contributed by atoms with Gasteiger partial charge in [0.15, 0.2) is 9.84 Å². The quantitative estimate of drug-likeness (QED) is 0.667. The maximum atomic E-state index is 12.3. The Morgan fingerprint density at radius 2 is 1.83 bits per heavy atom. The second-order valence-corrected chi connectivity index (χ2v) is 7.61. The highest BCUT2D eigenvalue weighted by Gasteiger charge is 2.21. The third-order valence-electron chi connectivity index (χ3n) is 3.42. The van der Waals surface area contributed by atoms with Gasteiger partial charge in [-0.2, -0.15) is 0 Å². The fourth-order valence-electron chi connectivity index (χ4n) is 2.09. The zero-order valence-corrected chi connectivity index (χ0v) is 14.9. The van der Waals surface area contributed by atoms with E-state index in [-0.39, 0.29) is 29.3 Å². The average molecular weight is 341 g/mol. The summed E-state index contributed by atoms with van der Waals surface area (Å²) in [6.07, 6.45) is 0. The topological polar surface area (TPSA) is 78.5 Å². The largest absolute Gasteiger partial charge is 0.337 e. The molecule has 0 aliphatic carbocycles. The Morgan fingerprint density at radius 1 is 1.17 bits per heavy atom. The number of carbonyl (C=O) groups is 1. The van der Waals surface area contributed by atoms with Gasteiger partial charge in [-0.15, -0.1) is 0 Å². The molecule has 1 rings (SSSR count). The molecule has 0 saturated carbocycles. The van der Waals surface area contributed by atoms with Crippen molar-refractivity contribution in [2.45, 2.75) is 31.7 Å². The van der Waals surface area contributed by atoms with E-state index in [1.54, 1.807) is 35.2 Å². The number of benzene rings is 1. The highest BCUT2D eigenvalue weighted by Crippen LogP contribution is 2.11. The minimum atomic E-state index is -3.39. The number of nitrogens with one attached hydrogen (secondary N) is 2. The molecule has 0 spiro atoms. The van der Waals surface area contributed by atoms with E-state index < -0.39 is 9.84 Å². The number of likely N-dealkylation sites (N-methyl/N-ethyl adjacent to an activating group) is 1. The van der Waals surface area contributed by atoms with Gasteiger partial charge < -0.3 is 15.5 Å². The van der Waals surface area contributed by atoms with Crippen molar-refractivity contribution in [3.63, 3.8) is 0 Å². The van der Waals surface area contributed by atoms with E-state index in [1.807, 2.05) is 20.8 Å². The fourth-order valence-corrected chi connectivity index (χ4v) is 3.34. The fraction of sp³-hybridized carbons (Fsp3) is 0.562. The summed E-state index contributed by atoms with van der Waals surface area (Å²) in [7, 11) is -3.39. The van der Waals surface area contributed by atoms with Crippen LogP contribution >= 0.6 is 0 Å². The van der Waals surface area contributed by atoms with Crippen LogP contribution in [0.3, 0.4) is 0 Å². The number of rotatable bonds is 9. The summed E-state index contributed by atoms with van der Waals surface area (Å²) in [5.74, 6) is -0.0875. The normalized spacial score (nSPS) is 11.5. The van der Waals surface area contributed by atoms with Crippen LogP contribution in [0.1, 0.15) is 20.8 Å². The van der Waals surface area contributed by atoms with Gasteiger partial charge in [0.25, 0.3) is 0 Å². The summed E-state index contributed by atoms with van der Waals surface area (Å²) in [6, 6.07) is 8.01. The van der Waals surface area contributed by atoms with Crippen LogP contribution in [0, 0.1) is 0 Å². The predicted molar refractivity (Wildman–Crippen MR) is 92.3 cm³/mol. The van der Waals surface area contributed by atoms with Crippen LogP contribution in [0.25, 0.3) is 0 Å². The molecule has 0 bridgehead atoms. The number of urea groups is 1. The molecule has 0 unspecified atom stereocenters. The lowest BCUT2D eigenvalue weighted by molar-refractivity contribution is 0.187. The SMILES string of the molecule is CCNCCNC(=O)N(CCS(=O)(=O)c1ccccc1)C(C)C. The number of sulfone groups is 1. The van der Waals surface area contributed by atoms with Crippen molar-refractivity contribution in [2.24, 2.45) is 0 Å². The molecule has 6 nitrogen and oxygen atoms in total. The van der Waals surface area contributed by atoms with Crippen LogP contribution < -0.4 is 10.6 Å². The van der Waals surface area contributed by atoms with E-state index in [1.165, 1.54) is 0 Å². The molecule has 2 amide bonds. The van der Waals surface area contributed by atoms with E-state index in [9.17, 15) is 13.2 Å². The lowest BCUT2D eigenvalue weighted by atomic mass is 10.3. The van der Waals surface area contributed by atoms with Gasteiger partial charge in [0.2, 0.25) is 0 Å². The first kappa shape index (κ1) is 19.4. The van der Waals surface area contributed by atoms with Crippen molar-refractivity contribution in [3.8, 4) is 0 Å². The standard InChI is InChI=1S/C16H27N3O3S/c1-4-17-10-11-18-16(20)19(14(2)3)12-13-23(21,22)15-8-6-5-7-9-15/h5-9,14,17H,4,10-13H2,1-3H3,(H,18,20). The minimum Gasteiger partial charge on any atom is -0.337 e. The van der Waals surface area contributed by atoms with Gasteiger partial charge in [0.1, 0.15) is 0 Å². The van der Waals surface area contributed by atoms with Crippen LogP contribution in [-0.2, 0) is 9.84 Å². The van der Waals surface area contributed by atoms with Gasteiger partial charge in [0, 0.05) is 25.7 Å². The molecule has 0 heterocycles. The van der Waals surface area contributed by atoms with Crippen molar-refractivity contribution < 1.29 is 13.2 Å². The number of amides is 2. The Bertz CT molecular complexity index is 573. The van der Waals surface area contributed by atoms with Crippen molar-refractivity contribution in [3.05, 3.63) is 30.3 Å². The zero-order chi connectivity index (χ0) is 17.3. The number of carbonyl (C=O) groups excluding carboxylic acids is 1. The summed E-state index contributed by atoms with van der Waals surface area (Å²) < 4.78 is 24.6. The maximum absolute atomic E-state index is 12.3. The lowest BCUT2D eigenvalue weighted by Gasteiger charge is -2.27. The molecule has 0 fully saturated rings. The smallest absolute Gasteiger partial charge is 0.317 e. The first-order valence-corrected chi connectivity index (χ1v) is 9.56. The summed E-state index contributed by atoms with van der Waals surface area (Å²) in [5.41, 5.74) is 0. The van der Waals surface area contributed by atoms with Crippen LogP contribution in [0.15, 0.2) is 35.2 Å². The minimum absolute atomic E-state index is 0.0693. The highest BCUT2D eigenvalue weighted by atomic mass is 32.2. The summed E-state index contributed by atoms with van der Waals surface area (Å²) in [5, 5.41) is 5.92. The van der Waals surface area contributed by atoms with Crippen molar-refractivity contribution in [1.29, 1.82) is 0 Å². The van der Waals surface area contributed by atoms with E-state index >= 15 is 0 Å². The molecular formula is C16H27N3O3S. The second kappa shape index (κ2) is 9.52. The van der Waals surface area contributed by atoms with E-state index in [0.717, 1.165) is 6.54 Å². The van der Waals surface area contributed by atoms with Gasteiger partial charge in [-0.25, -0.2) is 13.2 Å². The maximum Gasteiger partial charge on any atom is 0.317 e. The molecule has 1 aromatic rings. The van der Waals surface area contributed by atoms with E-state index in [2.05, 4.69) is 10.6 Å². The van der Waals surface area contributed by atoms with Crippen molar-refractivity contribution >= 4 is 15.9 Å². The predicted octanol–water partition coefficient (Wildman–Crippen LogP) is 1.49. The van der Waals surface area contributed by atoms with E-state index in [0.29, 0.717) is 13.1 Å². The molecule has 0 aliphatic rings. The molecule has 1 aromatic carbocycles. The summed E-state index contributed by atoms with van der Waals surface area (Å²) in [4.78, 5) is 14.0. The van der Waals surface area contributed by atoms with Gasteiger partial charge >= 0.3 is 6.03 Å². The molecule has 130 valence electrons. The van der Waals surface area contributed by atoms with Crippen LogP contribution in [-0.4, -0.2) is 57.3 Å². The van der Waals surface area contributed by atoms with Crippen molar-refractivity contribution in [2.75, 3.05) is 31.9 Å². The molecular weight excluding hydrogens is 314 g/mol. The Labute approximate surface area is 139 Å². The van der Waals surface area contributed by atoms with Crippen molar-refractivity contribution in [1.82, 2.24) is 15.5 Å². The second-order valence-electron chi connectivity index (χ2n) is 5.50. The monoisotopic (exact) mass is 341 g/mol. The number of nitrogens with zero attached hydrogens (tertiary/aromatic N) is 1. The first-order valence-electron chi connectivity index (χ1n) is 7.91. The molecule has 2 N–H and O–H groups in total. The Hall–Kier alpha value is -1.60. The van der Waals surface area contributed by atoms with E-state index in [4.69, 9.17) is 0 Å². The first-order chi connectivity index (χ1) is 10.9. The van der Waals surface area contributed by atoms with Gasteiger partial charge in [0.05, 0.1) is 10.6 Å². The average Bonchev–Trinajstić information content (AvgIpc) is 2.52. The third kappa shape index (κ3) is 6.58. The Morgan fingerprint density at radius 3 is 2.39 bits per heavy atom. The molecule has 0 aromatic heterocycles. The van der Waals surface area contributed by atoms with Crippen LogP contribution in [0.5, 0.6) is 0 Å². The molecule has 23 heavy (non-hydrogen) atoms. The number of hydrogen-bond donors (Lipinski definition) is 2. The van der Waals surface area contributed by atoms with Gasteiger partial charge in [-0.05, 0) is 32.5 Å². The summed E-state index contributed by atoms with van der Waals surface area (Å²) >= 11 is 0. The Balaban J connectivity index is 2.61. The lowest BCUT2D eigenvalue weighted by Crippen LogP contribution is -2.47. The summed E-state index contributed by atoms with van der Waals surface area (Å²) in [6.45, 7) is 7.97.